The van der Waals surface area contributed by atoms with Crippen molar-refractivity contribution in [3.63, 3.8) is 0 Å². The Hall–Kier alpha value is -2.20. The molecule has 0 saturated heterocycles. The molecule has 0 aliphatic carbocycles. The first-order valence-corrected chi connectivity index (χ1v) is 8.28. The second kappa shape index (κ2) is 8.60. The van der Waals surface area contributed by atoms with Crippen LogP contribution in [0.4, 0.5) is 5.69 Å². The molecule has 0 bridgehead atoms. The lowest BCUT2D eigenvalue weighted by Crippen LogP contribution is -2.30. The Labute approximate surface area is 147 Å². The van der Waals surface area contributed by atoms with Gasteiger partial charge in [0.15, 0.2) is 6.10 Å². The van der Waals surface area contributed by atoms with Gasteiger partial charge in [0.2, 0.25) is 0 Å². The molecule has 0 heterocycles. The van der Waals surface area contributed by atoms with Crippen LogP contribution in [0.25, 0.3) is 0 Å². The minimum atomic E-state index is -0.622. The van der Waals surface area contributed by atoms with Crippen molar-refractivity contribution < 1.29 is 14.3 Å². The number of nitrogens with one attached hydrogen (secondary N) is 1. The fourth-order valence-electron chi connectivity index (χ4n) is 1.91. The van der Waals surface area contributed by atoms with Crippen LogP contribution in [0, 0.1) is 5.92 Å². The Bertz CT molecular complexity index is 653. The quantitative estimate of drug-likeness (QED) is 0.784. The van der Waals surface area contributed by atoms with E-state index < -0.39 is 6.10 Å². The molecule has 4 nitrogen and oxygen atoms in total. The zero-order valence-electron chi connectivity index (χ0n) is 14.1. The fraction of sp³-hybridized carbons (Fsp3) is 0.316. The molecule has 1 N–H and O–H groups in total. The van der Waals surface area contributed by atoms with Crippen LogP contribution in [0.1, 0.15) is 20.8 Å². The van der Waals surface area contributed by atoms with Gasteiger partial charge >= 0.3 is 0 Å². The smallest absolute Gasteiger partial charge is 0.265 e. The number of benzene rings is 2. The van der Waals surface area contributed by atoms with E-state index in [1.165, 1.54) is 0 Å². The van der Waals surface area contributed by atoms with Crippen molar-refractivity contribution >= 4 is 23.2 Å². The van der Waals surface area contributed by atoms with Crippen LogP contribution in [-0.2, 0) is 4.79 Å². The Kier molecular flexibility index (Phi) is 6.50. The van der Waals surface area contributed by atoms with Crippen molar-refractivity contribution in [1.29, 1.82) is 0 Å². The third kappa shape index (κ3) is 5.78. The summed E-state index contributed by atoms with van der Waals surface area (Å²) < 4.78 is 11.2. The lowest BCUT2D eigenvalue weighted by molar-refractivity contribution is -0.122. The third-order valence-corrected chi connectivity index (χ3v) is 3.45. The SMILES string of the molecule is CC(C)COc1ccc(NC(=O)[C@@H](C)Oc2ccc(Cl)cc2)cc1. The van der Waals surface area contributed by atoms with Gasteiger partial charge in [0, 0.05) is 10.7 Å². The largest absolute Gasteiger partial charge is 0.493 e. The average Bonchev–Trinajstić information content (AvgIpc) is 2.56. The molecular weight excluding hydrogens is 326 g/mol. The molecule has 0 fully saturated rings. The second-order valence-electron chi connectivity index (χ2n) is 5.93. The first kappa shape index (κ1) is 18.1. The second-order valence-corrected chi connectivity index (χ2v) is 6.37. The third-order valence-electron chi connectivity index (χ3n) is 3.20. The Morgan fingerprint density at radius 3 is 2.17 bits per heavy atom. The molecule has 0 aliphatic rings. The number of hydrogen-bond acceptors (Lipinski definition) is 3. The number of rotatable bonds is 7. The molecule has 0 saturated carbocycles. The maximum atomic E-state index is 12.2. The molecule has 128 valence electrons. The molecule has 2 aromatic carbocycles. The number of amides is 1. The van der Waals surface area contributed by atoms with E-state index in [-0.39, 0.29) is 5.91 Å². The summed E-state index contributed by atoms with van der Waals surface area (Å²) in [4.78, 5) is 12.2. The molecule has 1 atom stereocenters. The highest BCUT2D eigenvalue weighted by Crippen LogP contribution is 2.19. The maximum Gasteiger partial charge on any atom is 0.265 e. The van der Waals surface area contributed by atoms with Crippen molar-refractivity contribution in [2.45, 2.75) is 26.9 Å². The number of halogens is 1. The van der Waals surface area contributed by atoms with Crippen LogP contribution in [-0.4, -0.2) is 18.6 Å². The van der Waals surface area contributed by atoms with Crippen LogP contribution < -0.4 is 14.8 Å². The number of carbonyl (C=O) groups is 1. The van der Waals surface area contributed by atoms with E-state index >= 15 is 0 Å². The van der Waals surface area contributed by atoms with Gasteiger partial charge in [0.1, 0.15) is 11.5 Å². The van der Waals surface area contributed by atoms with E-state index in [0.717, 1.165) is 5.75 Å². The molecular formula is C19H22ClNO3. The lowest BCUT2D eigenvalue weighted by Gasteiger charge is -2.15. The Balaban J connectivity index is 1.87. The molecule has 2 rings (SSSR count). The molecule has 0 aromatic heterocycles. The Morgan fingerprint density at radius 1 is 1.00 bits per heavy atom. The van der Waals surface area contributed by atoms with Crippen molar-refractivity contribution in [3.05, 3.63) is 53.6 Å². The van der Waals surface area contributed by atoms with Crippen molar-refractivity contribution in [2.75, 3.05) is 11.9 Å². The maximum absolute atomic E-state index is 12.2. The van der Waals surface area contributed by atoms with E-state index in [0.29, 0.717) is 29.0 Å². The first-order valence-electron chi connectivity index (χ1n) is 7.90. The van der Waals surface area contributed by atoms with Gasteiger partial charge in [0.25, 0.3) is 5.91 Å². The summed E-state index contributed by atoms with van der Waals surface area (Å²) in [6, 6.07) is 14.2. The van der Waals surface area contributed by atoms with E-state index in [1.807, 2.05) is 24.3 Å². The first-order chi connectivity index (χ1) is 11.4. The molecule has 5 heteroatoms. The highest BCUT2D eigenvalue weighted by Gasteiger charge is 2.15. The summed E-state index contributed by atoms with van der Waals surface area (Å²) in [5.41, 5.74) is 0.698. The van der Waals surface area contributed by atoms with Crippen molar-refractivity contribution in [1.82, 2.24) is 0 Å². The van der Waals surface area contributed by atoms with Crippen molar-refractivity contribution in [2.24, 2.45) is 5.92 Å². The molecule has 1 amide bonds. The monoisotopic (exact) mass is 347 g/mol. The predicted molar refractivity (Wildman–Crippen MR) is 96.9 cm³/mol. The summed E-state index contributed by atoms with van der Waals surface area (Å²) in [5.74, 6) is 1.63. The average molecular weight is 348 g/mol. The standard InChI is InChI=1S/C19H22ClNO3/c1-13(2)12-23-17-10-6-16(7-11-17)21-19(22)14(3)24-18-8-4-15(20)5-9-18/h4-11,13-14H,12H2,1-3H3,(H,21,22)/t14-/m1/s1. The normalized spacial score (nSPS) is 11.9. The number of anilines is 1. The van der Waals surface area contributed by atoms with Gasteiger partial charge in [-0.1, -0.05) is 25.4 Å². The van der Waals surface area contributed by atoms with Gasteiger partial charge in [-0.05, 0) is 61.4 Å². The zero-order valence-corrected chi connectivity index (χ0v) is 14.8. The lowest BCUT2D eigenvalue weighted by atomic mass is 10.2. The van der Waals surface area contributed by atoms with Gasteiger partial charge in [-0.25, -0.2) is 0 Å². The van der Waals surface area contributed by atoms with Crippen molar-refractivity contribution in [3.8, 4) is 11.5 Å². The molecule has 0 spiro atoms. The molecule has 2 aromatic rings. The molecule has 0 radical (unpaired) electrons. The van der Waals surface area contributed by atoms with Crippen LogP contribution in [0.2, 0.25) is 5.02 Å². The fourth-order valence-corrected chi connectivity index (χ4v) is 2.04. The summed E-state index contributed by atoms with van der Waals surface area (Å²) >= 11 is 5.83. The Morgan fingerprint density at radius 2 is 1.58 bits per heavy atom. The van der Waals surface area contributed by atoms with Crippen LogP contribution in [0.3, 0.4) is 0 Å². The molecule has 0 unspecified atom stereocenters. The minimum Gasteiger partial charge on any atom is -0.493 e. The highest BCUT2D eigenvalue weighted by molar-refractivity contribution is 6.30. The topological polar surface area (TPSA) is 47.6 Å². The molecule has 0 aliphatic heterocycles. The van der Waals surface area contributed by atoms with Gasteiger partial charge in [-0.2, -0.15) is 0 Å². The van der Waals surface area contributed by atoms with Crippen LogP contribution in [0.15, 0.2) is 48.5 Å². The van der Waals surface area contributed by atoms with E-state index in [9.17, 15) is 4.79 Å². The zero-order chi connectivity index (χ0) is 17.5. The van der Waals surface area contributed by atoms with E-state index in [4.69, 9.17) is 21.1 Å². The summed E-state index contributed by atoms with van der Waals surface area (Å²) in [5, 5.41) is 3.44. The number of ether oxygens (including phenoxy) is 2. The number of hydrogen-bond donors (Lipinski definition) is 1. The van der Waals surface area contributed by atoms with Gasteiger partial charge in [0.05, 0.1) is 6.61 Å². The van der Waals surface area contributed by atoms with Gasteiger partial charge in [-0.3, -0.25) is 4.79 Å². The van der Waals surface area contributed by atoms with E-state index in [2.05, 4.69) is 19.2 Å². The summed E-state index contributed by atoms with van der Waals surface area (Å²) in [6.45, 7) is 6.55. The van der Waals surface area contributed by atoms with E-state index in [1.54, 1.807) is 31.2 Å². The summed E-state index contributed by atoms with van der Waals surface area (Å²) in [7, 11) is 0. The van der Waals surface area contributed by atoms with Gasteiger partial charge in [-0.15, -0.1) is 0 Å². The van der Waals surface area contributed by atoms with Crippen LogP contribution in [0.5, 0.6) is 11.5 Å². The van der Waals surface area contributed by atoms with Gasteiger partial charge < -0.3 is 14.8 Å². The minimum absolute atomic E-state index is 0.221. The molecule has 24 heavy (non-hydrogen) atoms. The highest BCUT2D eigenvalue weighted by atomic mass is 35.5. The predicted octanol–water partition coefficient (Wildman–Crippen LogP) is 4.78. The number of carbonyl (C=O) groups excluding carboxylic acids is 1. The summed E-state index contributed by atoms with van der Waals surface area (Å²) in [6.07, 6.45) is -0.622. The van der Waals surface area contributed by atoms with Crippen LogP contribution >= 0.6 is 11.6 Å².